The lowest BCUT2D eigenvalue weighted by atomic mass is 10.2. The van der Waals surface area contributed by atoms with E-state index in [2.05, 4.69) is 6.92 Å². The largest absolute Gasteiger partial charge is 0.396 e. The number of nitrogens with zero attached hydrogens (tertiary/aromatic N) is 1. The molecular formula is C11H23NO3. The van der Waals surface area contributed by atoms with Gasteiger partial charge in [-0.15, -0.1) is 0 Å². The van der Waals surface area contributed by atoms with Crippen LogP contribution in [0.2, 0.25) is 0 Å². The third kappa shape index (κ3) is 5.74. The molecule has 4 nitrogen and oxygen atoms in total. The highest BCUT2D eigenvalue weighted by Crippen LogP contribution is 2.06. The number of hydrogen-bond donors (Lipinski definition) is 1. The molecule has 0 fully saturated rings. The maximum Gasteiger partial charge on any atom is 0.222 e. The lowest BCUT2D eigenvalue weighted by Gasteiger charge is -2.28. The summed E-state index contributed by atoms with van der Waals surface area (Å²) in [6.07, 6.45) is 1.90. The van der Waals surface area contributed by atoms with Crippen LogP contribution in [0.5, 0.6) is 0 Å². The second kappa shape index (κ2) is 8.68. The first-order valence-electron chi connectivity index (χ1n) is 5.56. The molecule has 90 valence electrons. The highest BCUT2D eigenvalue weighted by atomic mass is 16.5. The van der Waals surface area contributed by atoms with Crippen molar-refractivity contribution in [2.24, 2.45) is 0 Å². The predicted octanol–water partition coefficient (Wildman–Crippen LogP) is 1.03. The molecule has 0 saturated heterocycles. The van der Waals surface area contributed by atoms with Crippen LogP contribution in [-0.4, -0.2) is 48.8 Å². The quantitative estimate of drug-likeness (QED) is 0.660. The van der Waals surface area contributed by atoms with Crippen molar-refractivity contribution in [2.75, 3.05) is 26.9 Å². The molecule has 0 aromatic heterocycles. The minimum atomic E-state index is 0.0738. The first-order chi connectivity index (χ1) is 7.17. The average Bonchev–Trinajstić information content (AvgIpc) is 2.26. The topological polar surface area (TPSA) is 49.8 Å². The Morgan fingerprint density at radius 2 is 2.20 bits per heavy atom. The molecule has 0 heterocycles. The second-order valence-electron chi connectivity index (χ2n) is 3.66. The first-order valence-corrected chi connectivity index (χ1v) is 5.56. The Labute approximate surface area is 92.2 Å². The SMILES string of the molecule is CCC(C)N(CCOC)C(=O)CCCO. The van der Waals surface area contributed by atoms with Crippen molar-refractivity contribution in [1.29, 1.82) is 0 Å². The fourth-order valence-corrected chi connectivity index (χ4v) is 1.37. The van der Waals surface area contributed by atoms with Gasteiger partial charge in [-0.2, -0.15) is 0 Å². The Balaban J connectivity index is 4.14. The van der Waals surface area contributed by atoms with Crippen LogP contribution in [0.15, 0.2) is 0 Å². The number of ether oxygens (including phenoxy) is 1. The van der Waals surface area contributed by atoms with Crippen LogP contribution < -0.4 is 0 Å². The lowest BCUT2D eigenvalue weighted by Crippen LogP contribution is -2.40. The summed E-state index contributed by atoms with van der Waals surface area (Å²) in [6, 6.07) is 0.242. The van der Waals surface area contributed by atoms with E-state index < -0.39 is 0 Å². The molecule has 0 rings (SSSR count). The van der Waals surface area contributed by atoms with E-state index in [9.17, 15) is 4.79 Å². The predicted molar refractivity (Wildman–Crippen MR) is 59.7 cm³/mol. The van der Waals surface area contributed by atoms with E-state index in [1.807, 2.05) is 11.8 Å². The first kappa shape index (κ1) is 14.4. The van der Waals surface area contributed by atoms with Crippen LogP contribution >= 0.6 is 0 Å². The minimum Gasteiger partial charge on any atom is -0.396 e. The van der Waals surface area contributed by atoms with Crippen LogP contribution in [0.4, 0.5) is 0 Å². The van der Waals surface area contributed by atoms with Gasteiger partial charge in [-0.25, -0.2) is 0 Å². The van der Waals surface area contributed by atoms with Crippen molar-refractivity contribution in [2.45, 2.75) is 39.2 Å². The highest BCUT2D eigenvalue weighted by molar-refractivity contribution is 5.76. The molecule has 15 heavy (non-hydrogen) atoms. The molecule has 0 saturated carbocycles. The molecule has 0 aromatic rings. The smallest absolute Gasteiger partial charge is 0.222 e. The van der Waals surface area contributed by atoms with E-state index in [0.29, 0.717) is 26.0 Å². The number of carbonyl (C=O) groups is 1. The summed E-state index contributed by atoms with van der Waals surface area (Å²) in [7, 11) is 1.63. The van der Waals surface area contributed by atoms with Gasteiger partial charge in [-0.3, -0.25) is 4.79 Å². The zero-order chi connectivity index (χ0) is 11.7. The summed E-state index contributed by atoms with van der Waals surface area (Å²) < 4.78 is 4.98. The van der Waals surface area contributed by atoms with Crippen LogP contribution in [0.1, 0.15) is 33.1 Å². The van der Waals surface area contributed by atoms with Crippen LogP contribution in [0, 0.1) is 0 Å². The van der Waals surface area contributed by atoms with E-state index in [-0.39, 0.29) is 18.6 Å². The number of rotatable bonds is 8. The molecule has 0 radical (unpaired) electrons. The normalized spacial score (nSPS) is 12.5. The fraction of sp³-hybridized carbons (Fsp3) is 0.909. The van der Waals surface area contributed by atoms with Gasteiger partial charge in [-0.1, -0.05) is 6.92 Å². The van der Waals surface area contributed by atoms with E-state index >= 15 is 0 Å². The molecule has 1 unspecified atom stereocenters. The summed E-state index contributed by atoms with van der Waals surface area (Å²) >= 11 is 0. The van der Waals surface area contributed by atoms with Crippen LogP contribution in [-0.2, 0) is 9.53 Å². The Kier molecular flexibility index (Phi) is 8.33. The van der Waals surface area contributed by atoms with E-state index in [1.54, 1.807) is 7.11 Å². The zero-order valence-corrected chi connectivity index (χ0v) is 10.0. The third-order valence-electron chi connectivity index (χ3n) is 2.53. The van der Waals surface area contributed by atoms with Gasteiger partial charge in [0.15, 0.2) is 0 Å². The molecule has 1 amide bonds. The Morgan fingerprint density at radius 3 is 2.67 bits per heavy atom. The highest BCUT2D eigenvalue weighted by Gasteiger charge is 2.17. The van der Waals surface area contributed by atoms with Gasteiger partial charge >= 0.3 is 0 Å². The molecule has 0 aliphatic heterocycles. The van der Waals surface area contributed by atoms with Crippen molar-refractivity contribution in [1.82, 2.24) is 4.90 Å². The average molecular weight is 217 g/mol. The molecule has 0 aromatic carbocycles. The van der Waals surface area contributed by atoms with Crippen molar-refractivity contribution < 1.29 is 14.6 Å². The minimum absolute atomic E-state index is 0.0738. The Bertz CT molecular complexity index is 173. The molecule has 4 heteroatoms. The number of amides is 1. The number of methoxy groups -OCH3 is 1. The van der Waals surface area contributed by atoms with E-state index in [0.717, 1.165) is 6.42 Å². The molecule has 1 N–H and O–H groups in total. The fourth-order valence-electron chi connectivity index (χ4n) is 1.37. The maximum absolute atomic E-state index is 11.8. The molecular weight excluding hydrogens is 194 g/mol. The monoisotopic (exact) mass is 217 g/mol. The van der Waals surface area contributed by atoms with Gasteiger partial charge in [0.25, 0.3) is 0 Å². The Hall–Kier alpha value is -0.610. The van der Waals surface area contributed by atoms with Crippen molar-refractivity contribution in [3.8, 4) is 0 Å². The van der Waals surface area contributed by atoms with Crippen LogP contribution in [0.25, 0.3) is 0 Å². The van der Waals surface area contributed by atoms with E-state index in [4.69, 9.17) is 9.84 Å². The van der Waals surface area contributed by atoms with Crippen molar-refractivity contribution in [3.05, 3.63) is 0 Å². The number of aliphatic hydroxyl groups excluding tert-OH is 1. The van der Waals surface area contributed by atoms with Gasteiger partial charge in [-0.05, 0) is 19.8 Å². The van der Waals surface area contributed by atoms with Gasteiger partial charge in [0.05, 0.1) is 6.61 Å². The Morgan fingerprint density at radius 1 is 1.53 bits per heavy atom. The lowest BCUT2D eigenvalue weighted by molar-refractivity contribution is -0.134. The molecule has 0 aliphatic rings. The van der Waals surface area contributed by atoms with Gasteiger partial charge in [0, 0.05) is 32.7 Å². The van der Waals surface area contributed by atoms with Crippen molar-refractivity contribution >= 4 is 5.91 Å². The zero-order valence-electron chi connectivity index (χ0n) is 10.0. The number of carbonyl (C=O) groups excluding carboxylic acids is 1. The van der Waals surface area contributed by atoms with Crippen LogP contribution in [0.3, 0.4) is 0 Å². The summed E-state index contributed by atoms with van der Waals surface area (Å²) in [6.45, 7) is 5.37. The van der Waals surface area contributed by atoms with Gasteiger partial charge in [0.1, 0.15) is 0 Å². The van der Waals surface area contributed by atoms with Gasteiger partial charge in [0.2, 0.25) is 5.91 Å². The number of hydrogen-bond acceptors (Lipinski definition) is 3. The summed E-state index contributed by atoms with van der Waals surface area (Å²) in [4.78, 5) is 13.6. The standard InChI is InChI=1S/C11H23NO3/c1-4-10(2)12(7-9-15-3)11(14)6-5-8-13/h10,13H,4-9H2,1-3H3. The summed E-state index contributed by atoms with van der Waals surface area (Å²) in [5.41, 5.74) is 0. The second-order valence-corrected chi connectivity index (χ2v) is 3.66. The molecule has 0 bridgehead atoms. The van der Waals surface area contributed by atoms with Crippen molar-refractivity contribution in [3.63, 3.8) is 0 Å². The van der Waals surface area contributed by atoms with Gasteiger partial charge < -0.3 is 14.7 Å². The summed E-state index contributed by atoms with van der Waals surface area (Å²) in [5.74, 6) is 0.107. The molecule has 1 atom stereocenters. The molecule has 0 aliphatic carbocycles. The maximum atomic E-state index is 11.8. The summed E-state index contributed by atoms with van der Waals surface area (Å²) in [5, 5.41) is 8.67. The molecule has 0 spiro atoms. The third-order valence-corrected chi connectivity index (χ3v) is 2.53. The number of aliphatic hydroxyl groups is 1. The van der Waals surface area contributed by atoms with E-state index in [1.165, 1.54) is 0 Å².